The first-order valence-corrected chi connectivity index (χ1v) is 9.40. The number of rotatable bonds is 3. The van der Waals surface area contributed by atoms with E-state index in [9.17, 15) is 14.4 Å². The van der Waals surface area contributed by atoms with E-state index in [-0.39, 0.29) is 36.3 Å². The molecule has 2 bridgehead atoms. The van der Waals surface area contributed by atoms with Crippen molar-refractivity contribution in [3.8, 4) is 0 Å². The molecule has 2 atom stereocenters. The second-order valence-corrected chi connectivity index (χ2v) is 7.84. The Kier molecular flexibility index (Phi) is 5.39. The van der Waals surface area contributed by atoms with Crippen molar-refractivity contribution in [2.24, 2.45) is 5.92 Å². The smallest absolute Gasteiger partial charge is 0.321 e. The Bertz CT molecular complexity index is 762. The highest BCUT2D eigenvalue weighted by Gasteiger charge is 2.42. The number of nitrogens with one attached hydrogen (secondary N) is 1. The number of carbonyl (C=O) groups excluding carboxylic acids is 3. The lowest BCUT2D eigenvalue weighted by Gasteiger charge is -2.35. The van der Waals surface area contributed by atoms with Crippen LogP contribution in [0.2, 0.25) is 0 Å². The molecule has 4 rings (SSSR count). The van der Waals surface area contributed by atoms with Crippen LogP contribution in [0.15, 0.2) is 18.2 Å². The van der Waals surface area contributed by atoms with E-state index < -0.39 is 0 Å². The third kappa shape index (κ3) is 4.07. The van der Waals surface area contributed by atoms with Gasteiger partial charge in [-0.2, -0.15) is 0 Å². The van der Waals surface area contributed by atoms with Gasteiger partial charge in [-0.25, -0.2) is 4.79 Å². The summed E-state index contributed by atoms with van der Waals surface area (Å²) in [6.07, 6.45) is 1.59. The van der Waals surface area contributed by atoms with Gasteiger partial charge in [0.25, 0.3) is 0 Å². The molecule has 7 nitrogen and oxygen atoms in total. The lowest BCUT2D eigenvalue weighted by atomic mass is 9.94. The van der Waals surface area contributed by atoms with Gasteiger partial charge in [-0.3, -0.25) is 9.59 Å². The molecule has 27 heavy (non-hydrogen) atoms. The largest absolute Gasteiger partial charge is 0.347 e. The Hall–Kier alpha value is -2.57. The van der Waals surface area contributed by atoms with Crippen LogP contribution in [-0.4, -0.2) is 72.3 Å². The van der Waals surface area contributed by atoms with Crippen LogP contribution in [0, 0.1) is 19.8 Å². The first-order valence-electron chi connectivity index (χ1n) is 9.40. The minimum absolute atomic E-state index is 0.0109. The molecular weight excluding hydrogens is 344 g/mol. The molecule has 0 unspecified atom stereocenters. The molecule has 0 radical (unpaired) electrons. The second-order valence-electron chi connectivity index (χ2n) is 7.84. The summed E-state index contributed by atoms with van der Waals surface area (Å²) in [5.74, 6) is -0.339. The fourth-order valence-corrected chi connectivity index (χ4v) is 3.85. The summed E-state index contributed by atoms with van der Waals surface area (Å²) < 4.78 is 0. The van der Waals surface area contributed by atoms with Crippen molar-refractivity contribution < 1.29 is 14.4 Å². The van der Waals surface area contributed by atoms with E-state index in [2.05, 4.69) is 5.32 Å². The molecular formula is C20H28N4O3. The number of aryl methyl sites for hydroxylation is 2. The molecule has 3 aliphatic heterocycles. The molecule has 0 saturated carbocycles. The number of likely N-dealkylation sites (N-methyl/N-ethyl adjacent to an activating group) is 1. The molecule has 3 saturated heterocycles. The van der Waals surface area contributed by atoms with Gasteiger partial charge in [-0.1, -0.05) is 17.7 Å². The van der Waals surface area contributed by atoms with Gasteiger partial charge in [0.05, 0.1) is 5.92 Å². The highest BCUT2D eigenvalue weighted by atomic mass is 16.2. The van der Waals surface area contributed by atoms with Crippen LogP contribution >= 0.6 is 0 Å². The monoisotopic (exact) mass is 372 g/mol. The molecule has 0 aliphatic carbocycles. The summed E-state index contributed by atoms with van der Waals surface area (Å²) in [6.45, 7) is 4.92. The van der Waals surface area contributed by atoms with E-state index in [0.29, 0.717) is 13.1 Å². The summed E-state index contributed by atoms with van der Waals surface area (Å²) in [5.41, 5.74) is 2.94. The second kappa shape index (κ2) is 7.58. The molecule has 3 aliphatic rings. The predicted octanol–water partition coefficient (Wildman–Crippen LogP) is 1.85. The minimum Gasteiger partial charge on any atom is -0.347 e. The zero-order chi connectivity index (χ0) is 19.7. The first kappa shape index (κ1) is 19.2. The Morgan fingerprint density at radius 3 is 2.59 bits per heavy atom. The Labute approximate surface area is 160 Å². The maximum Gasteiger partial charge on any atom is 0.321 e. The normalized spacial score (nSPS) is 21.9. The van der Waals surface area contributed by atoms with Gasteiger partial charge >= 0.3 is 6.03 Å². The molecule has 3 heterocycles. The third-order valence-corrected chi connectivity index (χ3v) is 5.51. The van der Waals surface area contributed by atoms with Gasteiger partial charge in [0.1, 0.15) is 6.54 Å². The molecule has 7 heteroatoms. The van der Waals surface area contributed by atoms with E-state index in [1.165, 1.54) is 4.90 Å². The van der Waals surface area contributed by atoms with Crippen molar-refractivity contribution in [2.45, 2.75) is 32.7 Å². The SMILES string of the molecule is Cc1ccc(NC(=O)N2C[C@@H]3CC[C@H](C2)N(CC(=O)N(C)C)C3=O)c(C)c1. The molecule has 0 spiro atoms. The molecule has 0 aromatic heterocycles. The van der Waals surface area contributed by atoms with E-state index in [1.807, 2.05) is 32.0 Å². The summed E-state index contributed by atoms with van der Waals surface area (Å²) in [7, 11) is 3.37. The number of anilines is 1. The van der Waals surface area contributed by atoms with Gasteiger partial charge in [-0.15, -0.1) is 0 Å². The maximum atomic E-state index is 12.8. The van der Waals surface area contributed by atoms with Crippen molar-refractivity contribution in [3.63, 3.8) is 0 Å². The van der Waals surface area contributed by atoms with Crippen LogP contribution in [0.1, 0.15) is 24.0 Å². The van der Waals surface area contributed by atoms with E-state index in [4.69, 9.17) is 0 Å². The number of hydrogen-bond acceptors (Lipinski definition) is 3. The number of hydrogen-bond donors (Lipinski definition) is 1. The van der Waals surface area contributed by atoms with E-state index >= 15 is 0 Å². The topological polar surface area (TPSA) is 73.0 Å². The average molecular weight is 372 g/mol. The molecule has 3 fully saturated rings. The van der Waals surface area contributed by atoms with Crippen LogP contribution in [0.4, 0.5) is 10.5 Å². The predicted molar refractivity (Wildman–Crippen MR) is 103 cm³/mol. The lowest BCUT2D eigenvalue weighted by Crippen LogP contribution is -2.51. The van der Waals surface area contributed by atoms with Gasteiger partial charge in [0.15, 0.2) is 0 Å². The summed E-state index contributed by atoms with van der Waals surface area (Å²) in [6, 6.07) is 5.60. The van der Waals surface area contributed by atoms with Crippen molar-refractivity contribution in [1.29, 1.82) is 0 Å². The van der Waals surface area contributed by atoms with Gasteiger partial charge in [0.2, 0.25) is 11.8 Å². The zero-order valence-electron chi connectivity index (χ0n) is 16.5. The zero-order valence-corrected chi connectivity index (χ0v) is 16.5. The quantitative estimate of drug-likeness (QED) is 0.880. The van der Waals surface area contributed by atoms with E-state index in [1.54, 1.807) is 23.9 Å². The highest BCUT2D eigenvalue weighted by molar-refractivity contribution is 5.92. The molecule has 1 aromatic rings. The standard InChI is InChI=1S/C20H28N4O3/c1-13-5-8-17(14(2)9-13)21-20(27)23-10-15-6-7-16(11-23)24(19(15)26)12-18(25)22(3)4/h5,8-9,15-16H,6-7,10-12H2,1-4H3,(H,21,27)/t15-,16+/m0/s1. The van der Waals surface area contributed by atoms with Crippen LogP contribution in [0.5, 0.6) is 0 Å². The Morgan fingerprint density at radius 1 is 1.19 bits per heavy atom. The number of piperidine rings is 1. The molecule has 1 aromatic carbocycles. The van der Waals surface area contributed by atoms with Crippen LogP contribution in [-0.2, 0) is 9.59 Å². The average Bonchev–Trinajstić information content (AvgIpc) is 2.90. The number of amides is 4. The number of fused-ring (bicyclic) bond motifs is 4. The number of carbonyl (C=O) groups is 3. The van der Waals surface area contributed by atoms with Gasteiger partial charge in [-0.05, 0) is 38.3 Å². The van der Waals surface area contributed by atoms with Crippen molar-refractivity contribution in [3.05, 3.63) is 29.3 Å². The minimum atomic E-state index is -0.233. The van der Waals surface area contributed by atoms with Crippen molar-refractivity contribution in [1.82, 2.24) is 14.7 Å². The van der Waals surface area contributed by atoms with Gasteiger partial charge in [0, 0.05) is 38.9 Å². The summed E-state index contributed by atoms with van der Waals surface area (Å²) in [5, 5.41) is 2.97. The third-order valence-electron chi connectivity index (χ3n) is 5.51. The molecule has 4 amide bonds. The number of urea groups is 1. The van der Waals surface area contributed by atoms with Gasteiger partial charge < -0.3 is 20.0 Å². The van der Waals surface area contributed by atoms with Crippen molar-refractivity contribution in [2.75, 3.05) is 39.0 Å². The number of benzene rings is 1. The van der Waals surface area contributed by atoms with Crippen molar-refractivity contribution >= 4 is 23.5 Å². The van der Waals surface area contributed by atoms with E-state index in [0.717, 1.165) is 29.7 Å². The molecule has 1 N–H and O–H groups in total. The first-order chi connectivity index (χ1) is 12.8. The summed E-state index contributed by atoms with van der Waals surface area (Å²) in [4.78, 5) is 42.6. The number of nitrogens with zero attached hydrogens (tertiary/aromatic N) is 3. The molecule has 146 valence electrons. The summed E-state index contributed by atoms with van der Waals surface area (Å²) >= 11 is 0. The Morgan fingerprint density at radius 2 is 1.93 bits per heavy atom. The Balaban J connectivity index is 1.73. The maximum absolute atomic E-state index is 12.8. The lowest BCUT2D eigenvalue weighted by molar-refractivity contribution is -0.145. The fraction of sp³-hybridized carbons (Fsp3) is 0.550. The van der Waals surface area contributed by atoms with Crippen LogP contribution in [0.25, 0.3) is 0 Å². The van der Waals surface area contributed by atoms with Crippen LogP contribution < -0.4 is 5.32 Å². The van der Waals surface area contributed by atoms with Crippen LogP contribution in [0.3, 0.4) is 0 Å². The highest BCUT2D eigenvalue weighted by Crippen LogP contribution is 2.29. The fourth-order valence-electron chi connectivity index (χ4n) is 3.85.